The van der Waals surface area contributed by atoms with E-state index in [1.165, 1.54) is 29.8 Å². The quantitative estimate of drug-likeness (QED) is 0.890. The Morgan fingerprint density at radius 3 is 2.90 bits per heavy atom. The standard InChI is InChI=1S/C17H21ClN2S/c18-15-9-17(21-13-15)10-19-16-7-4-8-20(12-16)11-14-5-2-1-3-6-14/h1-3,5-6,9,13,16,19H,4,7-8,10-12H2. The molecule has 1 atom stereocenters. The number of nitrogens with zero attached hydrogens (tertiary/aromatic N) is 1. The predicted molar refractivity (Wildman–Crippen MR) is 90.9 cm³/mol. The van der Waals surface area contributed by atoms with Gasteiger partial charge in [0.2, 0.25) is 0 Å². The second kappa shape index (κ2) is 7.41. The molecule has 4 heteroatoms. The molecule has 1 aliphatic heterocycles. The van der Waals surface area contributed by atoms with Gasteiger partial charge in [0.1, 0.15) is 0 Å². The Balaban J connectivity index is 1.49. The normalized spacial score (nSPS) is 19.8. The van der Waals surface area contributed by atoms with Gasteiger partial charge in [-0.1, -0.05) is 41.9 Å². The zero-order valence-electron chi connectivity index (χ0n) is 12.1. The summed E-state index contributed by atoms with van der Waals surface area (Å²) >= 11 is 7.70. The molecule has 0 spiro atoms. The van der Waals surface area contributed by atoms with Crippen LogP contribution in [0.4, 0.5) is 0 Å². The van der Waals surface area contributed by atoms with Crippen LogP contribution < -0.4 is 5.32 Å². The van der Waals surface area contributed by atoms with Crippen LogP contribution in [0.5, 0.6) is 0 Å². The number of hydrogen-bond acceptors (Lipinski definition) is 3. The van der Waals surface area contributed by atoms with Crippen LogP contribution in [0.1, 0.15) is 23.3 Å². The SMILES string of the molecule is Clc1csc(CNC2CCCN(Cc3ccccc3)C2)c1. The van der Waals surface area contributed by atoms with E-state index < -0.39 is 0 Å². The molecule has 2 heterocycles. The van der Waals surface area contributed by atoms with E-state index >= 15 is 0 Å². The highest BCUT2D eigenvalue weighted by molar-refractivity contribution is 7.10. The van der Waals surface area contributed by atoms with Crippen molar-refractivity contribution in [1.29, 1.82) is 0 Å². The highest BCUT2D eigenvalue weighted by Gasteiger charge is 2.19. The maximum absolute atomic E-state index is 5.97. The third-order valence-corrected chi connectivity index (χ3v) is 5.23. The highest BCUT2D eigenvalue weighted by atomic mass is 35.5. The van der Waals surface area contributed by atoms with Gasteiger partial charge in [0, 0.05) is 35.9 Å². The summed E-state index contributed by atoms with van der Waals surface area (Å²) in [4.78, 5) is 3.87. The summed E-state index contributed by atoms with van der Waals surface area (Å²) in [5, 5.41) is 6.53. The average molecular weight is 321 g/mol. The van der Waals surface area contributed by atoms with Gasteiger partial charge in [-0.3, -0.25) is 4.90 Å². The van der Waals surface area contributed by atoms with Gasteiger partial charge in [0.25, 0.3) is 0 Å². The summed E-state index contributed by atoms with van der Waals surface area (Å²) in [6, 6.07) is 13.4. The molecule has 0 radical (unpaired) electrons. The molecular formula is C17H21ClN2S. The van der Waals surface area contributed by atoms with E-state index in [2.05, 4.69) is 46.6 Å². The number of piperidine rings is 1. The van der Waals surface area contributed by atoms with E-state index in [0.717, 1.165) is 24.7 Å². The molecule has 2 aromatic rings. The summed E-state index contributed by atoms with van der Waals surface area (Å²) < 4.78 is 0. The molecule has 0 aliphatic carbocycles. The van der Waals surface area contributed by atoms with Crippen LogP contribution >= 0.6 is 22.9 Å². The van der Waals surface area contributed by atoms with Crippen molar-refractivity contribution in [2.24, 2.45) is 0 Å². The van der Waals surface area contributed by atoms with Crippen LogP contribution in [0.2, 0.25) is 5.02 Å². The number of likely N-dealkylation sites (tertiary alicyclic amines) is 1. The molecule has 1 unspecified atom stereocenters. The zero-order chi connectivity index (χ0) is 14.5. The third-order valence-electron chi connectivity index (χ3n) is 3.94. The van der Waals surface area contributed by atoms with Gasteiger partial charge in [-0.25, -0.2) is 0 Å². The van der Waals surface area contributed by atoms with E-state index in [1.54, 1.807) is 11.3 Å². The first-order chi connectivity index (χ1) is 10.3. The fourth-order valence-corrected chi connectivity index (χ4v) is 3.92. The lowest BCUT2D eigenvalue weighted by Gasteiger charge is -2.33. The molecule has 1 aromatic carbocycles. The number of hydrogen-bond donors (Lipinski definition) is 1. The Morgan fingerprint density at radius 2 is 2.14 bits per heavy atom. The Kier molecular flexibility index (Phi) is 5.31. The Bertz CT molecular complexity index is 555. The van der Waals surface area contributed by atoms with Crippen LogP contribution in [0.3, 0.4) is 0 Å². The van der Waals surface area contributed by atoms with Gasteiger partial charge >= 0.3 is 0 Å². The molecule has 1 N–H and O–H groups in total. The van der Waals surface area contributed by atoms with Crippen molar-refractivity contribution in [3.8, 4) is 0 Å². The van der Waals surface area contributed by atoms with Crippen molar-refractivity contribution in [1.82, 2.24) is 10.2 Å². The van der Waals surface area contributed by atoms with Gasteiger partial charge in [0.05, 0.1) is 5.02 Å². The molecule has 0 amide bonds. The molecule has 1 aliphatic rings. The Morgan fingerprint density at radius 1 is 1.29 bits per heavy atom. The largest absolute Gasteiger partial charge is 0.308 e. The van der Waals surface area contributed by atoms with Crippen LogP contribution in [0.25, 0.3) is 0 Å². The van der Waals surface area contributed by atoms with Crippen LogP contribution in [0.15, 0.2) is 41.8 Å². The van der Waals surface area contributed by atoms with Crippen molar-refractivity contribution >= 4 is 22.9 Å². The molecule has 3 rings (SSSR count). The summed E-state index contributed by atoms with van der Waals surface area (Å²) in [6.45, 7) is 4.33. The third kappa shape index (κ3) is 4.55. The number of halogens is 1. The summed E-state index contributed by atoms with van der Waals surface area (Å²) in [5.41, 5.74) is 1.41. The van der Waals surface area contributed by atoms with E-state index in [0.29, 0.717) is 6.04 Å². The van der Waals surface area contributed by atoms with Crippen molar-refractivity contribution in [2.75, 3.05) is 13.1 Å². The predicted octanol–water partition coefficient (Wildman–Crippen LogP) is 4.16. The highest BCUT2D eigenvalue weighted by Crippen LogP contribution is 2.20. The maximum atomic E-state index is 5.97. The number of benzene rings is 1. The second-order valence-corrected chi connectivity index (χ2v) is 7.10. The van der Waals surface area contributed by atoms with Crippen LogP contribution in [-0.2, 0) is 13.1 Å². The summed E-state index contributed by atoms with van der Waals surface area (Å²) in [5.74, 6) is 0. The minimum Gasteiger partial charge on any atom is -0.308 e. The van der Waals surface area contributed by atoms with Crippen molar-refractivity contribution in [3.63, 3.8) is 0 Å². The van der Waals surface area contributed by atoms with Crippen molar-refractivity contribution < 1.29 is 0 Å². The molecule has 21 heavy (non-hydrogen) atoms. The fourth-order valence-electron chi connectivity index (χ4n) is 2.90. The van der Waals surface area contributed by atoms with Gasteiger partial charge in [-0.2, -0.15) is 0 Å². The molecular weight excluding hydrogens is 300 g/mol. The zero-order valence-corrected chi connectivity index (χ0v) is 13.7. The first-order valence-corrected chi connectivity index (χ1v) is 8.78. The Hall–Kier alpha value is -0.870. The molecule has 0 bridgehead atoms. The first kappa shape index (κ1) is 15.0. The number of rotatable bonds is 5. The van der Waals surface area contributed by atoms with Gasteiger partial charge in [-0.05, 0) is 31.0 Å². The Labute approximate surface area is 135 Å². The summed E-state index contributed by atoms with van der Waals surface area (Å²) in [7, 11) is 0. The maximum Gasteiger partial charge on any atom is 0.0516 e. The summed E-state index contributed by atoms with van der Waals surface area (Å²) in [6.07, 6.45) is 2.54. The van der Waals surface area contributed by atoms with Crippen molar-refractivity contribution in [3.05, 3.63) is 57.2 Å². The monoisotopic (exact) mass is 320 g/mol. The van der Waals surface area contributed by atoms with E-state index in [4.69, 9.17) is 11.6 Å². The second-order valence-electron chi connectivity index (χ2n) is 5.67. The van der Waals surface area contributed by atoms with Crippen LogP contribution in [0, 0.1) is 0 Å². The lowest BCUT2D eigenvalue weighted by molar-refractivity contribution is 0.183. The topological polar surface area (TPSA) is 15.3 Å². The molecule has 1 saturated heterocycles. The molecule has 112 valence electrons. The van der Waals surface area contributed by atoms with Crippen molar-refractivity contribution in [2.45, 2.75) is 32.0 Å². The van der Waals surface area contributed by atoms with E-state index in [1.807, 2.05) is 5.38 Å². The smallest absolute Gasteiger partial charge is 0.0516 e. The minimum absolute atomic E-state index is 0.586. The van der Waals surface area contributed by atoms with Crippen LogP contribution in [-0.4, -0.2) is 24.0 Å². The van der Waals surface area contributed by atoms with E-state index in [-0.39, 0.29) is 0 Å². The average Bonchev–Trinajstić information content (AvgIpc) is 2.92. The molecule has 1 fully saturated rings. The van der Waals surface area contributed by atoms with E-state index in [9.17, 15) is 0 Å². The number of thiophene rings is 1. The minimum atomic E-state index is 0.586. The molecule has 2 nitrogen and oxygen atoms in total. The fraction of sp³-hybridized carbons (Fsp3) is 0.412. The molecule has 1 aromatic heterocycles. The molecule has 0 saturated carbocycles. The number of nitrogens with one attached hydrogen (secondary N) is 1. The lowest BCUT2D eigenvalue weighted by atomic mass is 10.0. The lowest BCUT2D eigenvalue weighted by Crippen LogP contribution is -2.44. The van der Waals surface area contributed by atoms with Gasteiger partial charge < -0.3 is 5.32 Å². The van der Waals surface area contributed by atoms with Gasteiger partial charge in [0.15, 0.2) is 0 Å². The van der Waals surface area contributed by atoms with Gasteiger partial charge in [-0.15, -0.1) is 11.3 Å². The first-order valence-electron chi connectivity index (χ1n) is 7.52.